The van der Waals surface area contributed by atoms with Gasteiger partial charge in [0.1, 0.15) is 23.1 Å². The summed E-state index contributed by atoms with van der Waals surface area (Å²) in [5, 5.41) is 3.44. The Balaban J connectivity index is 1.61. The molecule has 0 aliphatic heterocycles. The molecule has 0 saturated heterocycles. The van der Waals surface area contributed by atoms with Crippen LogP contribution in [0.15, 0.2) is 60.7 Å². The fourth-order valence-electron chi connectivity index (χ4n) is 3.74. The maximum atomic E-state index is 14.4. The van der Waals surface area contributed by atoms with Gasteiger partial charge in [0.2, 0.25) is 0 Å². The van der Waals surface area contributed by atoms with Gasteiger partial charge in [-0.25, -0.2) is 18.0 Å². The molecule has 0 atom stereocenters. The number of nitrogens with one attached hydrogen (secondary N) is 1. The Kier molecular flexibility index (Phi) is 5.91. The number of amides is 1. The van der Waals surface area contributed by atoms with Crippen LogP contribution >= 0.6 is 0 Å². The van der Waals surface area contributed by atoms with Crippen molar-refractivity contribution in [3.63, 3.8) is 0 Å². The lowest BCUT2D eigenvalue weighted by molar-refractivity contribution is 0.0595. The fraction of sp³-hybridized carbons (Fsp3) is 0.120. The Morgan fingerprint density at radius 3 is 2.39 bits per heavy atom. The molecule has 5 nitrogen and oxygen atoms in total. The Hall–Kier alpha value is -4.07. The summed E-state index contributed by atoms with van der Waals surface area (Å²) in [6.07, 6.45) is 0. The molecule has 0 aliphatic rings. The first-order valence-corrected chi connectivity index (χ1v) is 9.98. The number of aryl methyl sites for hydroxylation is 1. The van der Waals surface area contributed by atoms with E-state index in [4.69, 9.17) is 0 Å². The maximum Gasteiger partial charge on any atom is 0.340 e. The summed E-state index contributed by atoms with van der Waals surface area (Å²) >= 11 is 0. The smallest absolute Gasteiger partial charge is 0.340 e. The average molecular weight is 452 g/mol. The molecule has 0 saturated carbocycles. The van der Waals surface area contributed by atoms with Crippen molar-refractivity contribution in [2.24, 2.45) is 7.05 Å². The van der Waals surface area contributed by atoms with E-state index in [1.807, 2.05) is 0 Å². The monoisotopic (exact) mass is 452 g/mol. The van der Waals surface area contributed by atoms with Crippen LogP contribution in [-0.2, 0) is 18.3 Å². The van der Waals surface area contributed by atoms with Crippen molar-refractivity contribution in [3.8, 4) is 11.1 Å². The van der Waals surface area contributed by atoms with Crippen LogP contribution in [0.4, 0.5) is 13.2 Å². The number of nitrogens with zero attached hydrogens (tertiary/aromatic N) is 1. The van der Waals surface area contributed by atoms with Crippen molar-refractivity contribution in [1.29, 1.82) is 0 Å². The van der Waals surface area contributed by atoms with Crippen LogP contribution in [0, 0.1) is 17.5 Å². The zero-order chi connectivity index (χ0) is 23.7. The van der Waals surface area contributed by atoms with Crippen molar-refractivity contribution in [2.45, 2.75) is 6.54 Å². The molecule has 1 heterocycles. The summed E-state index contributed by atoms with van der Waals surface area (Å²) in [5.74, 6) is -2.95. The summed E-state index contributed by atoms with van der Waals surface area (Å²) in [6.45, 7) is -0.0395. The van der Waals surface area contributed by atoms with Crippen molar-refractivity contribution in [2.75, 3.05) is 7.11 Å². The molecule has 4 aromatic rings. The average Bonchev–Trinajstić information content (AvgIpc) is 3.12. The van der Waals surface area contributed by atoms with E-state index in [2.05, 4.69) is 10.1 Å². The number of benzene rings is 3. The fourth-order valence-corrected chi connectivity index (χ4v) is 3.74. The molecule has 1 aromatic heterocycles. The molecule has 0 fully saturated rings. The van der Waals surface area contributed by atoms with E-state index in [1.54, 1.807) is 23.7 Å². The standard InChI is InChI=1S/C25H19F3N2O3/c1-30-22-12-18(27)5-3-15(22)11-23(30)24(31)29-13-16-9-17(26)6-8-19(16)14-4-7-20(21(28)10-14)25(32)33-2/h3-12H,13H2,1-2H3,(H,29,31). The Morgan fingerprint density at radius 1 is 0.939 bits per heavy atom. The molecular weight excluding hydrogens is 433 g/mol. The maximum absolute atomic E-state index is 14.4. The minimum absolute atomic E-state index is 0.0395. The molecule has 168 valence electrons. The van der Waals surface area contributed by atoms with Gasteiger partial charge < -0.3 is 14.6 Å². The highest BCUT2D eigenvalue weighted by Crippen LogP contribution is 2.27. The Morgan fingerprint density at radius 2 is 1.67 bits per heavy atom. The first kappa shape index (κ1) is 22.1. The zero-order valence-electron chi connectivity index (χ0n) is 17.8. The number of hydrogen-bond acceptors (Lipinski definition) is 3. The molecule has 33 heavy (non-hydrogen) atoms. The topological polar surface area (TPSA) is 60.3 Å². The first-order chi connectivity index (χ1) is 15.8. The third-order valence-corrected chi connectivity index (χ3v) is 5.43. The predicted molar refractivity (Wildman–Crippen MR) is 117 cm³/mol. The number of carbonyl (C=O) groups is 2. The molecule has 8 heteroatoms. The SMILES string of the molecule is COC(=O)c1ccc(-c2ccc(F)cc2CNC(=O)c2cc3ccc(F)cc3n2C)cc1F. The molecule has 0 radical (unpaired) electrons. The molecule has 0 spiro atoms. The van der Waals surface area contributed by atoms with Gasteiger partial charge in [-0.15, -0.1) is 0 Å². The summed E-state index contributed by atoms with van der Waals surface area (Å²) in [5.41, 5.74) is 1.97. The highest BCUT2D eigenvalue weighted by Gasteiger charge is 2.17. The second-order valence-electron chi connectivity index (χ2n) is 7.46. The highest BCUT2D eigenvalue weighted by atomic mass is 19.1. The highest BCUT2D eigenvalue weighted by molar-refractivity contribution is 5.98. The predicted octanol–water partition coefficient (Wildman–Crippen LogP) is 4.98. The summed E-state index contributed by atoms with van der Waals surface area (Å²) in [4.78, 5) is 24.4. The van der Waals surface area contributed by atoms with Crippen molar-refractivity contribution < 1.29 is 27.5 Å². The summed E-state index contributed by atoms with van der Waals surface area (Å²) in [7, 11) is 2.80. The third-order valence-electron chi connectivity index (χ3n) is 5.43. The minimum Gasteiger partial charge on any atom is -0.465 e. The number of fused-ring (bicyclic) bond motifs is 1. The number of rotatable bonds is 5. The van der Waals surface area contributed by atoms with Gasteiger partial charge in [0, 0.05) is 19.0 Å². The second kappa shape index (κ2) is 8.82. The van der Waals surface area contributed by atoms with Crippen molar-refractivity contribution >= 4 is 22.8 Å². The van der Waals surface area contributed by atoms with Crippen LogP contribution in [0.3, 0.4) is 0 Å². The van der Waals surface area contributed by atoms with Gasteiger partial charge in [-0.05, 0) is 65.2 Å². The van der Waals surface area contributed by atoms with Gasteiger partial charge in [0.05, 0.1) is 18.2 Å². The molecular formula is C25H19F3N2O3. The summed E-state index contributed by atoms with van der Waals surface area (Å²) < 4.78 is 48.1. The molecule has 1 N–H and O–H groups in total. The Bertz CT molecular complexity index is 1400. The lowest BCUT2D eigenvalue weighted by Crippen LogP contribution is -2.25. The van der Waals surface area contributed by atoms with Gasteiger partial charge >= 0.3 is 5.97 Å². The molecule has 3 aromatic carbocycles. The van der Waals surface area contributed by atoms with E-state index < -0.39 is 29.3 Å². The lowest BCUT2D eigenvalue weighted by atomic mass is 9.98. The number of aromatic nitrogens is 1. The number of hydrogen-bond donors (Lipinski definition) is 1. The quantitative estimate of drug-likeness (QED) is 0.435. The normalized spacial score (nSPS) is 10.9. The molecule has 4 rings (SSSR count). The van der Waals surface area contributed by atoms with Gasteiger partial charge in [-0.2, -0.15) is 0 Å². The van der Waals surface area contributed by atoms with E-state index in [1.165, 1.54) is 42.5 Å². The third kappa shape index (κ3) is 4.32. The van der Waals surface area contributed by atoms with E-state index >= 15 is 0 Å². The first-order valence-electron chi connectivity index (χ1n) is 9.98. The Labute approximate surface area is 187 Å². The molecule has 0 aliphatic carbocycles. The number of carbonyl (C=O) groups excluding carboxylic acids is 2. The largest absolute Gasteiger partial charge is 0.465 e. The van der Waals surface area contributed by atoms with Crippen LogP contribution in [0.2, 0.25) is 0 Å². The van der Waals surface area contributed by atoms with Crippen LogP contribution in [0.5, 0.6) is 0 Å². The van der Waals surface area contributed by atoms with Gasteiger partial charge in [-0.1, -0.05) is 12.1 Å². The van der Waals surface area contributed by atoms with Gasteiger partial charge in [0.15, 0.2) is 0 Å². The van der Waals surface area contributed by atoms with Crippen LogP contribution in [0.1, 0.15) is 26.4 Å². The second-order valence-corrected chi connectivity index (χ2v) is 7.46. The summed E-state index contributed by atoms with van der Waals surface area (Å²) in [6, 6.07) is 13.8. The minimum atomic E-state index is -0.805. The van der Waals surface area contributed by atoms with Crippen LogP contribution < -0.4 is 5.32 Å². The van der Waals surface area contributed by atoms with E-state index in [0.29, 0.717) is 33.3 Å². The van der Waals surface area contributed by atoms with Crippen LogP contribution in [0.25, 0.3) is 22.0 Å². The lowest BCUT2D eigenvalue weighted by Gasteiger charge is -2.13. The number of ether oxygens (including phenoxy) is 1. The number of methoxy groups -OCH3 is 1. The van der Waals surface area contributed by atoms with E-state index in [0.717, 1.165) is 13.2 Å². The van der Waals surface area contributed by atoms with Crippen molar-refractivity contribution in [3.05, 3.63) is 94.9 Å². The van der Waals surface area contributed by atoms with Crippen molar-refractivity contribution in [1.82, 2.24) is 9.88 Å². The molecule has 1 amide bonds. The zero-order valence-corrected chi connectivity index (χ0v) is 17.8. The molecule has 0 unspecified atom stereocenters. The van der Waals surface area contributed by atoms with Crippen LogP contribution in [-0.4, -0.2) is 23.6 Å². The van der Waals surface area contributed by atoms with E-state index in [9.17, 15) is 22.8 Å². The number of halogens is 3. The van der Waals surface area contributed by atoms with E-state index in [-0.39, 0.29) is 12.1 Å². The number of esters is 1. The molecule has 0 bridgehead atoms. The van der Waals surface area contributed by atoms with Gasteiger partial charge in [-0.3, -0.25) is 4.79 Å². The van der Waals surface area contributed by atoms with Gasteiger partial charge in [0.25, 0.3) is 5.91 Å².